The smallest absolute Gasteiger partial charge is 0.260 e. The van der Waals surface area contributed by atoms with Crippen molar-refractivity contribution in [1.29, 1.82) is 0 Å². The van der Waals surface area contributed by atoms with E-state index < -0.39 is 0 Å². The predicted molar refractivity (Wildman–Crippen MR) is 75.6 cm³/mol. The summed E-state index contributed by atoms with van der Waals surface area (Å²) >= 11 is 0. The summed E-state index contributed by atoms with van der Waals surface area (Å²) in [5, 5.41) is 0. The quantitative estimate of drug-likeness (QED) is 0.848. The number of nitrogens with zero attached hydrogens (tertiary/aromatic N) is 1. The topological polar surface area (TPSA) is 38.8 Å². The minimum Gasteiger partial charge on any atom is -0.484 e. The Hall–Kier alpha value is -1.55. The molecule has 0 saturated carbocycles. The molecule has 4 heteroatoms. The van der Waals surface area contributed by atoms with E-state index >= 15 is 0 Å². The summed E-state index contributed by atoms with van der Waals surface area (Å²) in [6, 6.07) is 9.48. The predicted octanol–water partition coefficient (Wildman–Crippen LogP) is 2.09. The maximum Gasteiger partial charge on any atom is 0.260 e. The molecule has 2 heterocycles. The maximum absolute atomic E-state index is 12.2. The third kappa shape index (κ3) is 2.96. The van der Waals surface area contributed by atoms with E-state index in [0.717, 1.165) is 31.7 Å². The van der Waals surface area contributed by atoms with Gasteiger partial charge in [-0.2, -0.15) is 0 Å². The molecule has 20 heavy (non-hydrogen) atoms. The molecule has 0 aliphatic carbocycles. The Bertz CT molecular complexity index is 462. The van der Waals surface area contributed by atoms with Gasteiger partial charge in [-0.3, -0.25) is 4.79 Å². The largest absolute Gasteiger partial charge is 0.484 e. The van der Waals surface area contributed by atoms with Crippen molar-refractivity contribution in [2.45, 2.75) is 32.0 Å². The zero-order chi connectivity index (χ0) is 13.9. The van der Waals surface area contributed by atoms with Crippen molar-refractivity contribution in [3.05, 3.63) is 30.3 Å². The first-order valence-corrected chi connectivity index (χ1v) is 7.33. The van der Waals surface area contributed by atoms with Crippen LogP contribution in [0, 0.1) is 5.92 Å². The van der Waals surface area contributed by atoms with Gasteiger partial charge in [-0.15, -0.1) is 0 Å². The summed E-state index contributed by atoms with van der Waals surface area (Å²) in [6.45, 7) is 3.83. The highest BCUT2D eigenvalue weighted by Gasteiger charge is 2.38. The number of carbonyl (C=O) groups excluding carboxylic acids is 1. The average molecular weight is 275 g/mol. The molecule has 1 aromatic rings. The van der Waals surface area contributed by atoms with Gasteiger partial charge in [-0.05, 0) is 31.9 Å². The van der Waals surface area contributed by atoms with Gasteiger partial charge in [0.15, 0.2) is 6.61 Å². The van der Waals surface area contributed by atoms with Gasteiger partial charge in [0.1, 0.15) is 5.75 Å². The van der Waals surface area contributed by atoms with E-state index in [1.165, 1.54) is 0 Å². The molecule has 0 radical (unpaired) electrons. The normalized spacial score (nSPS) is 29.1. The molecular weight excluding hydrogens is 254 g/mol. The first-order chi connectivity index (χ1) is 9.72. The van der Waals surface area contributed by atoms with Gasteiger partial charge < -0.3 is 14.4 Å². The van der Waals surface area contributed by atoms with Crippen molar-refractivity contribution in [3.8, 4) is 5.75 Å². The molecule has 0 bridgehead atoms. The van der Waals surface area contributed by atoms with Gasteiger partial charge in [-0.1, -0.05) is 18.2 Å². The van der Waals surface area contributed by atoms with Crippen molar-refractivity contribution in [2.75, 3.05) is 19.7 Å². The second-order valence-corrected chi connectivity index (χ2v) is 5.71. The number of carbonyl (C=O) groups is 1. The van der Waals surface area contributed by atoms with Crippen molar-refractivity contribution in [1.82, 2.24) is 4.90 Å². The number of amides is 1. The van der Waals surface area contributed by atoms with Crippen LogP contribution in [-0.2, 0) is 9.53 Å². The molecule has 0 spiro atoms. The average Bonchev–Trinajstić information content (AvgIpc) is 2.85. The van der Waals surface area contributed by atoms with Gasteiger partial charge in [0.25, 0.3) is 5.91 Å². The number of para-hydroxylation sites is 1. The Morgan fingerprint density at radius 3 is 3.00 bits per heavy atom. The molecule has 1 amide bonds. The summed E-state index contributed by atoms with van der Waals surface area (Å²) in [5.74, 6) is 1.32. The van der Waals surface area contributed by atoms with Gasteiger partial charge in [0.2, 0.25) is 0 Å². The molecule has 2 aliphatic heterocycles. The Kier molecular flexibility index (Phi) is 3.92. The lowest BCUT2D eigenvalue weighted by Crippen LogP contribution is -2.46. The molecule has 2 aliphatic rings. The summed E-state index contributed by atoms with van der Waals surface area (Å²) in [7, 11) is 0. The van der Waals surface area contributed by atoms with E-state index in [1.54, 1.807) is 0 Å². The summed E-state index contributed by atoms with van der Waals surface area (Å²) < 4.78 is 11.4. The van der Waals surface area contributed by atoms with Crippen molar-refractivity contribution < 1.29 is 14.3 Å². The van der Waals surface area contributed by atoms with Crippen LogP contribution in [0.5, 0.6) is 5.75 Å². The van der Waals surface area contributed by atoms with Gasteiger partial charge in [0, 0.05) is 19.0 Å². The second kappa shape index (κ2) is 5.83. The molecule has 3 rings (SSSR count). The number of benzene rings is 1. The number of hydrogen-bond acceptors (Lipinski definition) is 3. The molecule has 0 N–H and O–H groups in total. The zero-order valence-electron chi connectivity index (χ0n) is 11.8. The van der Waals surface area contributed by atoms with E-state index in [1.807, 2.05) is 35.2 Å². The van der Waals surface area contributed by atoms with Crippen LogP contribution in [0.2, 0.25) is 0 Å². The van der Waals surface area contributed by atoms with Crippen LogP contribution in [0.25, 0.3) is 0 Å². The minimum atomic E-state index is 0.0758. The van der Waals surface area contributed by atoms with Crippen LogP contribution in [0.4, 0.5) is 0 Å². The Balaban J connectivity index is 1.51. The van der Waals surface area contributed by atoms with Gasteiger partial charge in [-0.25, -0.2) is 0 Å². The van der Waals surface area contributed by atoms with Crippen LogP contribution in [0.15, 0.2) is 30.3 Å². The molecule has 4 nitrogen and oxygen atoms in total. The van der Waals surface area contributed by atoms with E-state index in [2.05, 4.69) is 6.92 Å². The molecule has 108 valence electrons. The molecule has 2 saturated heterocycles. The van der Waals surface area contributed by atoms with E-state index in [4.69, 9.17) is 9.47 Å². The lowest BCUT2D eigenvalue weighted by molar-refractivity contribution is -0.136. The number of hydrogen-bond donors (Lipinski definition) is 0. The van der Waals surface area contributed by atoms with E-state index in [0.29, 0.717) is 18.1 Å². The summed E-state index contributed by atoms with van der Waals surface area (Å²) in [6.07, 6.45) is 2.70. The molecular formula is C16H21NO3. The van der Waals surface area contributed by atoms with Gasteiger partial charge >= 0.3 is 0 Å². The highest BCUT2D eigenvalue weighted by molar-refractivity contribution is 5.77. The van der Waals surface area contributed by atoms with Crippen LogP contribution < -0.4 is 4.74 Å². The Labute approximate surface area is 119 Å². The fourth-order valence-electron chi connectivity index (χ4n) is 3.18. The zero-order valence-corrected chi connectivity index (χ0v) is 11.8. The summed E-state index contributed by atoms with van der Waals surface area (Å²) in [4.78, 5) is 14.1. The molecule has 1 aromatic carbocycles. The monoisotopic (exact) mass is 275 g/mol. The minimum absolute atomic E-state index is 0.0758. The van der Waals surface area contributed by atoms with Crippen LogP contribution in [0.3, 0.4) is 0 Å². The van der Waals surface area contributed by atoms with Gasteiger partial charge in [0.05, 0.1) is 12.2 Å². The standard InChI is InChI=1S/C16H21NO3/c1-12-9-13-10-17(8-7-15(13)20-12)16(18)11-19-14-5-3-2-4-6-14/h2-6,12-13,15H,7-11H2,1H3/t12-,13-,15-/m1/s1. The van der Waals surface area contributed by atoms with Crippen molar-refractivity contribution in [2.24, 2.45) is 5.92 Å². The molecule has 2 fully saturated rings. The van der Waals surface area contributed by atoms with E-state index in [-0.39, 0.29) is 12.5 Å². The van der Waals surface area contributed by atoms with Crippen LogP contribution >= 0.6 is 0 Å². The first kappa shape index (κ1) is 13.4. The number of likely N-dealkylation sites (tertiary alicyclic amines) is 1. The highest BCUT2D eigenvalue weighted by atomic mass is 16.5. The SMILES string of the molecule is C[C@@H]1C[C@@H]2CN(C(=O)COc3ccccc3)CC[C@H]2O1. The fourth-order valence-corrected chi connectivity index (χ4v) is 3.18. The van der Waals surface area contributed by atoms with Crippen molar-refractivity contribution >= 4 is 5.91 Å². The number of piperidine rings is 1. The fraction of sp³-hybridized carbons (Fsp3) is 0.562. The van der Waals surface area contributed by atoms with Crippen LogP contribution in [0.1, 0.15) is 19.8 Å². The number of fused-ring (bicyclic) bond motifs is 1. The molecule has 0 aromatic heterocycles. The lowest BCUT2D eigenvalue weighted by atomic mass is 9.93. The maximum atomic E-state index is 12.2. The summed E-state index contributed by atoms with van der Waals surface area (Å²) in [5.41, 5.74) is 0. The third-order valence-corrected chi connectivity index (χ3v) is 4.16. The highest BCUT2D eigenvalue weighted by Crippen LogP contribution is 2.32. The van der Waals surface area contributed by atoms with E-state index in [9.17, 15) is 4.79 Å². The molecule has 0 unspecified atom stereocenters. The Morgan fingerprint density at radius 2 is 2.20 bits per heavy atom. The number of ether oxygens (including phenoxy) is 2. The van der Waals surface area contributed by atoms with Crippen LogP contribution in [-0.4, -0.2) is 42.7 Å². The Morgan fingerprint density at radius 1 is 1.40 bits per heavy atom. The molecule has 3 atom stereocenters. The number of rotatable bonds is 3. The lowest BCUT2D eigenvalue weighted by Gasteiger charge is -2.34. The third-order valence-electron chi connectivity index (χ3n) is 4.16. The second-order valence-electron chi connectivity index (χ2n) is 5.71. The van der Waals surface area contributed by atoms with Crippen molar-refractivity contribution in [3.63, 3.8) is 0 Å². The first-order valence-electron chi connectivity index (χ1n) is 7.33.